The highest BCUT2D eigenvalue weighted by Crippen LogP contribution is 2.10. The number of hydrogen-bond donors (Lipinski definition) is 12. The number of nitrogens with one attached hydrogen (secondary N) is 7. The number of carbonyl (C=O) groups is 11. The van der Waals surface area contributed by atoms with E-state index in [1.165, 1.54) is 6.92 Å². The molecule has 0 unspecified atom stereocenters. The molecule has 7 amide bonds. The lowest BCUT2D eigenvalue weighted by atomic mass is 10.0. The van der Waals surface area contributed by atoms with Gasteiger partial charge in [-0.1, -0.05) is 27.7 Å². The molecule has 310 valence electrons. The van der Waals surface area contributed by atoms with Crippen molar-refractivity contribution in [3.8, 4) is 0 Å². The van der Waals surface area contributed by atoms with Crippen molar-refractivity contribution in [1.82, 2.24) is 37.2 Å². The maximum Gasteiger partial charge on any atom is 0.322 e. The molecule has 23 heteroatoms. The van der Waals surface area contributed by atoms with Gasteiger partial charge < -0.3 is 63.4 Å². The third-order valence-electron chi connectivity index (χ3n) is 7.35. The molecule has 0 aromatic heterocycles. The van der Waals surface area contributed by atoms with Gasteiger partial charge in [0.15, 0.2) is 0 Å². The van der Waals surface area contributed by atoms with Crippen LogP contribution in [0.3, 0.4) is 0 Å². The van der Waals surface area contributed by atoms with E-state index >= 15 is 0 Å². The SMILES string of the molecule is CC(C)C[C@H](NC(=O)[C@H](CC(=O)O)NC(=O)[C@H](CC(C)C)NC(=O)[C@H](CCC(=O)O)NC(=O)CN)C(=O)N[C@@H](C)C(=O)N[C@@H](CC(=O)O)C(=O)NCC(=O)O. The predicted molar refractivity (Wildman–Crippen MR) is 187 cm³/mol. The smallest absolute Gasteiger partial charge is 0.322 e. The Labute approximate surface area is 315 Å². The maximum absolute atomic E-state index is 13.5. The molecule has 23 nitrogen and oxygen atoms in total. The van der Waals surface area contributed by atoms with Gasteiger partial charge in [0.25, 0.3) is 0 Å². The minimum absolute atomic E-state index is 0.0532. The standard InChI is InChI=1S/C32H52N8O15/c1-14(2)8-18(30(53)35-16(5)27(50)37-20(10-24(44)45)28(51)34-13-26(48)49)39-32(55)21(11-25(46)47)40-31(54)19(9-15(3)4)38-29(52)17(6-7-23(42)43)36-22(41)12-33/h14-21H,6-13,33H2,1-5H3,(H,34,51)(H,35,53)(H,36,41)(H,37,50)(H,38,52)(H,39,55)(H,40,54)(H,42,43)(H,44,45)(H,46,47)(H,48,49)/t16-,17-,18-,19-,20-,21-/m0/s1. The largest absolute Gasteiger partial charge is 0.481 e. The number of carboxylic acids is 4. The zero-order valence-electron chi connectivity index (χ0n) is 31.1. The molecule has 0 saturated carbocycles. The molecule has 0 bridgehead atoms. The zero-order chi connectivity index (χ0) is 42.6. The van der Waals surface area contributed by atoms with E-state index in [9.17, 15) is 57.8 Å². The van der Waals surface area contributed by atoms with Crippen molar-refractivity contribution < 1.29 is 73.2 Å². The fraction of sp³-hybridized carbons (Fsp3) is 0.656. The number of amides is 7. The van der Waals surface area contributed by atoms with Crippen molar-refractivity contribution in [2.75, 3.05) is 13.1 Å². The van der Waals surface area contributed by atoms with E-state index in [0.29, 0.717) is 0 Å². The molecule has 0 spiro atoms. The summed E-state index contributed by atoms with van der Waals surface area (Å²) in [5.41, 5.74) is 5.29. The second-order valence-corrected chi connectivity index (χ2v) is 13.3. The highest BCUT2D eigenvalue weighted by Gasteiger charge is 2.34. The molecule has 0 aromatic rings. The molecule has 0 rings (SSSR count). The second kappa shape index (κ2) is 24.4. The van der Waals surface area contributed by atoms with Gasteiger partial charge in [0.1, 0.15) is 42.8 Å². The first-order valence-corrected chi connectivity index (χ1v) is 17.1. The highest BCUT2D eigenvalue weighted by atomic mass is 16.4. The number of aliphatic carboxylic acids is 4. The van der Waals surface area contributed by atoms with E-state index in [1.807, 2.05) is 5.32 Å². The van der Waals surface area contributed by atoms with Crippen LogP contribution in [0.2, 0.25) is 0 Å². The van der Waals surface area contributed by atoms with Crippen molar-refractivity contribution in [3.63, 3.8) is 0 Å². The minimum atomic E-state index is -1.82. The molecule has 13 N–H and O–H groups in total. The van der Waals surface area contributed by atoms with Gasteiger partial charge in [0.2, 0.25) is 41.4 Å². The average molecular weight is 789 g/mol. The normalized spacial score (nSPS) is 14.1. The summed E-state index contributed by atoms with van der Waals surface area (Å²) < 4.78 is 0. The van der Waals surface area contributed by atoms with Crippen molar-refractivity contribution >= 4 is 65.2 Å². The van der Waals surface area contributed by atoms with Gasteiger partial charge in [0.05, 0.1) is 19.4 Å². The Kier molecular flexibility index (Phi) is 21.8. The van der Waals surface area contributed by atoms with Gasteiger partial charge in [-0.15, -0.1) is 0 Å². The maximum atomic E-state index is 13.5. The van der Waals surface area contributed by atoms with E-state index in [0.717, 1.165) is 0 Å². The monoisotopic (exact) mass is 788 g/mol. The quantitative estimate of drug-likeness (QED) is 0.0397. The van der Waals surface area contributed by atoms with Crippen LogP contribution in [-0.4, -0.2) is 135 Å². The van der Waals surface area contributed by atoms with Crippen molar-refractivity contribution in [2.45, 2.75) is 109 Å². The fourth-order valence-electron chi connectivity index (χ4n) is 4.74. The van der Waals surface area contributed by atoms with Crippen LogP contribution in [0.4, 0.5) is 0 Å². The topological polar surface area (TPSA) is 379 Å². The average Bonchev–Trinajstić information content (AvgIpc) is 3.06. The Morgan fingerprint density at radius 2 is 0.873 bits per heavy atom. The Hall–Kier alpha value is -5.87. The van der Waals surface area contributed by atoms with Gasteiger partial charge in [-0.05, 0) is 38.0 Å². The van der Waals surface area contributed by atoms with Gasteiger partial charge in [0, 0.05) is 6.42 Å². The van der Waals surface area contributed by atoms with Crippen LogP contribution in [0.1, 0.15) is 73.1 Å². The molecular weight excluding hydrogens is 736 g/mol. The van der Waals surface area contributed by atoms with Crippen molar-refractivity contribution in [1.29, 1.82) is 0 Å². The molecule has 6 atom stereocenters. The first-order valence-electron chi connectivity index (χ1n) is 17.1. The molecular formula is C32H52N8O15. The van der Waals surface area contributed by atoms with Crippen LogP contribution >= 0.6 is 0 Å². The predicted octanol–water partition coefficient (Wildman–Crippen LogP) is -4.02. The lowest BCUT2D eigenvalue weighted by Gasteiger charge is -2.27. The number of nitrogens with two attached hydrogens (primary N) is 1. The molecule has 0 radical (unpaired) electrons. The molecule has 55 heavy (non-hydrogen) atoms. The molecule has 0 aliphatic rings. The Bertz CT molecular complexity index is 1440. The van der Waals surface area contributed by atoms with Gasteiger partial charge in [-0.3, -0.25) is 52.7 Å². The Balaban J connectivity index is 6.12. The van der Waals surface area contributed by atoms with Crippen molar-refractivity contribution in [2.24, 2.45) is 17.6 Å². The molecule has 0 aromatic carbocycles. The molecule has 0 heterocycles. The number of carbonyl (C=O) groups excluding carboxylic acids is 7. The minimum Gasteiger partial charge on any atom is -0.481 e. The first kappa shape index (κ1) is 49.1. The number of hydrogen-bond acceptors (Lipinski definition) is 12. The lowest BCUT2D eigenvalue weighted by Crippen LogP contribution is -2.60. The first-order chi connectivity index (χ1) is 25.5. The third-order valence-corrected chi connectivity index (χ3v) is 7.35. The van der Waals surface area contributed by atoms with Crippen molar-refractivity contribution in [3.05, 3.63) is 0 Å². The molecule has 0 aliphatic carbocycles. The summed E-state index contributed by atoms with van der Waals surface area (Å²) in [7, 11) is 0. The fourth-order valence-corrected chi connectivity index (χ4v) is 4.74. The number of carboxylic acid groups (broad SMARTS) is 4. The van der Waals surface area contributed by atoms with E-state index in [1.54, 1.807) is 27.7 Å². The van der Waals surface area contributed by atoms with Gasteiger partial charge in [-0.2, -0.15) is 0 Å². The number of rotatable bonds is 26. The Morgan fingerprint density at radius 1 is 0.473 bits per heavy atom. The van der Waals surface area contributed by atoms with Crippen LogP contribution in [0, 0.1) is 11.8 Å². The summed E-state index contributed by atoms with van der Waals surface area (Å²) in [5.74, 6) is -13.4. The van der Waals surface area contributed by atoms with Crippen LogP contribution < -0.4 is 43.0 Å². The van der Waals surface area contributed by atoms with Crippen LogP contribution in [-0.2, 0) is 52.7 Å². The lowest BCUT2D eigenvalue weighted by molar-refractivity contribution is -0.142. The summed E-state index contributed by atoms with van der Waals surface area (Å²) in [6, 6.07) is -9.25. The molecule has 0 saturated heterocycles. The van der Waals surface area contributed by atoms with E-state index < -0.39 is 134 Å². The highest BCUT2D eigenvalue weighted by molar-refractivity contribution is 5.98. The summed E-state index contributed by atoms with van der Waals surface area (Å²) in [4.78, 5) is 135. The van der Waals surface area contributed by atoms with Crippen LogP contribution in [0.5, 0.6) is 0 Å². The summed E-state index contributed by atoms with van der Waals surface area (Å²) >= 11 is 0. The van der Waals surface area contributed by atoms with Crippen LogP contribution in [0.25, 0.3) is 0 Å². The van der Waals surface area contributed by atoms with E-state index in [4.69, 9.17) is 21.1 Å². The summed E-state index contributed by atoms with van der Waals surface area (Å²) in [6.45, 7) is 6.48. The van der Waals surface area contributed by atoms with Gasteiger partial charge >= 0.3 is 23.9 Å². The third kappa shape index (κ3) is 20.8. The molecule has 0 aliphatic heterocycles. The van der Waals surface area contributed by atoms with Gasteiger partial charge in [-0.25, -0.2) is 0 Å². The second-order valence-electron chi connectivity index (χ2n) is 13.3. The molecule has 0 fully saturated rings. The zero-order valence-corrected chi connectivity index (χ0v) is 31.1. The van der Waals surface area contributed by atoms with Crippen LogP contribution in [0.15, 0.2) is 0 Å². The van der Waals surface area contributed by atoms with E-state index in [-0.39, 0.29) is 31.1 Å². The van der Waals surface area contributed by atoms with E-state index in [2.05, 4.69) is 31.9 Å². The summed E-state index contributed by atoms with van der Waals surface area (Å²) in [5, 5.41) is 52.1. The summed E-state index contributed by atoms with van der Waals surface area (Å²) in [6.07, 6.45) is -2.94. The Morgan fingerprint density at radius 3 is 1.29 bits per heavy atom.